The molecule has 2 rings (SSSR count). The first-order chi connectivity index (χ1) is 8.70. The molecular formula is C13H22N4O. The molecule has 0 bridgehead atoms. The Kier molecular flexibility index (Phi) is 4.36. The van der Waals surface area contributed by atoms with Crippen molar-refractivity contribution in [2.75, 3.05) is 24.5 Å². The molecule has 2 N–H and O–H groups in total. The van der Waals surface area contributed by atoms with Crippen LogP contribution in [-0.2, 0) is 0 Å². The fourth-order valence-corrected chi connectivity index (χ4v) is 2.54. The summed E-state index contributed by atoms with van der Waals surface area (Å²) in [6, 6.07) is 2.06. The summed E-state index contributed by atoms with van der Waals surface area (Å²) in [7, 11) is 0. The maximum atomic E-state index is 11.5. The lowest BCUT2D eigenvalue weighted by atomic mass is 10.0. The van der Waals surface area contributed by atoms with Crippen LogP contribution in [0.5, 0.6) is 0 Å². The van der Waals surface area contributed by atoms with E-state index in [0.717, 1.165) is 25.5 Å². The minimum absolute atomic E-state index is 0.0646. The Morgan fingerprint density at radius 3 is 3.11 bits per heavy atom. The lowest BCUT2D eigenvalue weighted by Gasteiger charge is -2.36. The highest BCUT2D eigenvalue weighted by molar-refractivity contribution is 5.39. The molecule has 0 saturated carbocycles. The predicted molar refractivity (Wildman–Crippen MR) is 73.1 cm³/mol. The van der Waals surface area contributed by atoms with Gasteiger partial charge in [0.2, 0.25) is 0 Å². The molecule has 1 fully saturated rings. The van der Waals surface area contributed by atoms with Crippen molar-refractivity contribution in [3.63, 3.8) is 0 Å². The number of nitrogens with one attached hydrogen (secondary N) is 2. The first kappa shape index (κ1) is 13.1. The molecule has 0 spiro atoms. The number of nitrogens with zero attached hydrogens (tertiary/aromatic N) is 2. The first-order valence-electron chi connectivity index (χ1n) is 6.76. The summed E-state index contributed by atoms with van der Waals surface area (Å²) in [4.78, 5) is 21.0. The second-order valence-electron chi connectivity index (χ2n) is 4.84. The lowest BCUT2D eigenvalue weighted by Crippen LogP contribution is -2.46. The van der Waals surface area contributed by atoms with Crippen LogP contribution in [0.1, 0.15) is 32.0 Å². The van der Waals surface area contributed by atoms with E-state index in [0.29, 0.717) is 11.9 Å². The second-order valence-corrected chi connectivity index (χ2v) is 4.84. The summed E-state index contributed by atoms with van der Waals surface area (Å²) in [5.41, 5.74) is -0.0646. The maximum absolute atomic E-state index is 11.5. The molecule has 100 valence electrons. The zero-order chi connectivity index (χ0) is 13.0. The van der Waals surface area contributed by atoms with Gasteiger partial charge in [-0.05, 0) is 32.7 Å². The van der Waals surface area contributed by atoms with Gasteiger partial charge in [-0.1, -0.05) is 6.92 Å². The fourth-order valence-electron chi connectivity index (χ4n) is 2.54. The van der Waals surface area contributed by atoms with Gasteiger partial charge in [0.1, 0.15) is 11.6 Å². The number of hydrogen-bond donors (Lipinski definition) is 2. The van der Waals surface area contributed by atoms with Gasteiger partial charge in [0.15, 0.2) is 0 Å². The monoisotopic (exact) mass is 250 g/mol. The largest absolute Gasteiger partial charge is 0.352 e. The van der Waals surface area contributed by atoms with E-state index >= 15 is 0 Å². The highest BCUT2D eigenvalue weighted by Crippen LogP contribution is 2.21. The molecule has 1 aromatic rings. The van der Waals surface area contributed by atoms with Crippen LogP contribution < -0.4 is 15.8 Å². The van der Waals surface area contributed by atoms with Gasteiger partial charge in [-0.15, -0.1) is 0 Å². The average Bonchev–Trinajstić information content (AvgIpc) is 2.35. The van der Waals surface area contributed by atoms with E-state index in [4.69, 9.17) is 0 Å². The Morgan fingerprint density at radius 1 is 1.56 bits per heavy atom. The van der Waals surface area contributed by atoms with Crippen LogP contribution in [0.15, 0.2) is 10.9 Å². The molecule has 5 heteroatoms. The van der Waals surface area contributed by atoms with Gasteiger partial charge >= 0.3 is 0 Å². The molecule has 0 aliphatic carbocycles. The van der Waals surface area contributed by atoms with Gasteiger partial charge in [-0.25, -0.2) is 4.98 Å². The first-order valence-corrected chi connectivity index (χ1v) is 6.76. The molecule has 1 aromatic heterocycles. The van der Waals surface area contributed by atoms with E-state index in [1.165, 1.54) is 19.3 Å². The van der Waals surface area contributed by atoms with Crippen LogP contribution in [0, 0.1) is 6.92 Å². The smallest absolute Gasteiger partial charge is 0.252 e. The maximum Gasteiger partial charge on any atom is 0.252 e. The summed E-state index contributed by atoms with van der Waals surface area (Å²) < 4.78 is 0. The molecule has 1 saturated heterocycles. The number of anilines is 1. The molecule has 2 heterocycles. The van der Waals surface area contributed by atoms with Gasteiger partial charge in [0.25, 0.3) is 5.56 Å². The quantitative estimate of drug-likeness (QED) is 0.838. The SMILES string of the molecule is CCNCC1CCCCN1c1cc(=O)[nH]c(C)n1. The molecule has 1 aliphatic heterocycles. The van der Waals surface area contributed by atoms with E-state index in [-0.39, 0.29) is 5.56 Å². The van der Waals surface area contributed by atoms with Crippen LogP contribution in [-0.4, -0.2) is 35.6 Å². The summed E-state index contributed by atoms with van der Waals surface area (Å²) in [5.74, 6) is 1.50. The van der Waals surface area contributed by atoms with Crippen molar-refractivity contribution in [1.82, 2.24) is 15.3 Å². The van der Waals surface area contributed by atoms with Crippen LogP contribution >= 0.6 is 0 Å². The third kappa shape index (κ3) is 3.10. The molecule has 0 amide bonds. The Hall–Kier alpha value is -1.36. The van der Waals surface area contributed by atoms with E-state index in [1.807, 2.05) is 6.92 Å². The Labute approximate surface area is 108 Å². The van der Waals surface area contributed by atoms with Gasteiger partial charge in [-0.2, -0.15) is 0 Å². The molecule has 1 unspecified atom stereocenters. The van der Waals surface area contributed by atoms with E-state index in [1.54, 1.807) is 6.07 Å². The Bertz CT molecular complexity index is 443. The second kappa shape index (κ2) is 6.00. The standard InChI is InChI=1S/C13H22N4O/c1-3-14-9-11-6-4-5-7-17(11)12-8-13(18)16-10(2)15-12/h8,11,14H,3-7,9H2,1-2H3,(H,15,16,18). The van der Waals surface area contributed by atoms with Crippen LogP contribution in [0.2, 0.25) is 0 Å². The summed E-state index contributed by atoms with van der Waals surface area (Å²) in [6.45, 7) is 6.87. The number of aromatic nitrogens is 2. The van der Waals surface area contributed by atoms with E-state index < -0.39 is 0 Å². The van der Waals surface area contributed by atoms with Crippen molar-refractivity contribution in [3.05, 3.63) is 22.2 Å². The van der Waals surface area contributed by atoms with Crippen molar-refractivity contribution in [2.45, 2.75) is 39.2 Å². The molecule has 1 aliphatic rings. The highest BCUT2D eigenvalue weighted by atomic mass is 16.1. The van der Waals surface area contributed by atoms with E-state index in [2.05, 4.69) is 27.1 Å². The Balaban J connectivity index is 2.19. The van der Waals surface area contributed by atoms with Crippen LogP contribution in [0.4, 0.5) is 5.82 Å². The molecule has 5 nitrogen and oxygen atoms in total. The lowest BCUT2D eigenvalue weighted by molar-refractivity contribution is 0.436. The normalized spacial score (nSPS) is 20.1. The third-order valence-electron chi connectivity index (χ3n) is 3.40. The average molecular weight is 250 g/mol. The summed E-state index contributed by atoms with van der Waals surface area (Å²) >= 11 is 0. The van der Waals surface area contributed by atoms with Crippen LogP contribution in [0.3, 0.4) is 0 Å². The topological polar surface area (TPSA) is 61.0 Å². The van der Waals surface area contributed by atoms with Crippen molar-refractivity contribution in [2.24, 2.45) is 0 Å². The van der Waals surface area contributed by atoms with Crippen LogP contribution in [0.25, 0.3) is 0 Å². The molecule has 0 aromatic carbocycles. The zero-order valence-corrected chi connectivity index (χ0v) is 11.2. The Morgan fingerprint density at radius 2 is 2.39 bits per heavy atom. The van der Waals surface area contributed by atoms with Gasteiger partial charge in [-0.3, -0.25) is 4.79 Å². The third-order valence-corrected chi connectivity index (χ3v) is 3.40. The number of piperidine rings is 1. The van der Waals surface area contributed by atoms with E-state index in [9.17, 15) is 4.79 Å². The minimum Gasteiger partial charge on any atom is -0.352 e. The number of aromatic amines is 1. The van der Waals surface area contributed by atoms with Gasteiger partial charge in [0, 0.05) is 25.2 Å². The van der Waals surface area contributed by atoms with Crippen molar-refractivity contribution in [1.29, 1.82) is 0 Å². The molecular weight excluding hydrogens is 228 g/mol. The number of H-pyrrole nitrogens is 1. The number of hydrogen-bond acceptors (Lipinski definition) is 4. The number of rotatable bonds is 4. The fraction of sp³-hybridized carbons (Fsp3) is 0.692. The summed E-state index contributed by atoms with van der Waals surface area (Å²) in [6.07, 6.45) is 3.60. The van der Waals surface area contributed by atoms with Crippen molar-refractivity contribution in [3.8, 4) is 0 Å². The van der Waals surface area contributed by atoms with Gasteiger partial charge < -0.3 is 15.2 Å². The molecule has 1 atom stereocenters. The minimum atomic E-state index is -0.0646. The molecule has 0 radical (unpaired) electrons. The van der Waals surface area contributed by atoms with Crippen molar-refractivity contribution >= 4 is 5.82 Å². The molecule has 18 heavy (non-hydrogen) atoms. The number of aryl methyl sites for hydroxylation is 1. The number of likely N-dealkylation sites (N-methyl/N-ethyl adjacent to an activating group) is 1. The highest BCUT2D eigenvalue weighted by Gasteiger charge is 2.23. The zero-order valence-electron chi connectivity index (χ0n) is 11.2. The summed E-state index contributed by atoms with van der Waals surface area (Å²) in [5, 5.41) is 3.39. The van der Waals surface area contributed by atoms with Crippen molar-refractivity contribution < 1.29 is 0 Å². The predicted octanol–water partition coefficient (Wildman–Crippen LogP) is 1.05. The van der Waals surface area contributed by atoms with Gasteiger partial charge in [0.05, 0.1) is 0 Å².